The van der Waals surface area contributed by atoms with Gasteiger partial charge in [0, 0.05) is 26.0 Å². The molecule has 206 valence electrons. The molecule has 3 N–H and O–H groups in total. The van der Waals surface area contributed by atoms with E-state index in [4.69, 9.17) is 9.63 Å². The Hall–Kier alpha value is -2.08. The zero-order valence-corrected chi connectivity index (χ0v) is 24.2. The van der Waals surface area contributed by atoms with Gasteiger partial charge in [-0.25, -0.2) is 4.57 Å². The average molecular weight is 656 g/mol. The van der Waals surface area contributed by atoms with Gasteiger partial charge in [-0.2, -0.15) is 0 Å². The van der Waals surface area contributed by atoms with Gasteiger partial charge in [-0.05, 0) is 42.0 Å². The first-order chi connectivity index (χ1) is 18.2. The largest absolute Gasteiger partial charge is 0.388 e. The summed E-state index contributed by atoms with van der Waals surface area (Å²) in [6, 6.07) is 15.9. The number of amides is 2. The second-order valence-corrected chi connectivity index (χ2v) is 13.8. The van der Waals surface area contributed by atoms with Gasteiger partial charge in [0.15, 0.2) is 0 Å². The third-order valence-corrected chi connectivity index (χ3v) is 7.23. The Morgan fingerprint density at radius 2 is 1.68 bits per heavy atom. The number of nitrogens with zero attached hydrogens (tertiary/aromatic N) is 1. The number of aliphatic hydroxyl groups is 1. The summed E-state index contributed by atoms with van der Waals surface area (Å²) in [5.41, 5.74) is 4.08. The van der Waals surface area contributed by atoms with Crippen LogP contribution in [0.1, 0.15) is 48.8 Å². The molecule has 3 rings (SSSR count). The number of rotatable bonds is 14. The van der Waals surface area contributed by atoms with Gasteiger partial charge in [0.05, 0.1) is 47.5 Å². The lowest BCUT2D eigenvalue weighted by atomic mass is 10.0. The standard InChI is InChI=1S/C27H34IN2O7P/c28-38(34,35)37-20-24(31)19-36-17-7-16-29-26(32)12-5-6-13-27(33)30-18-23-10-2-1-8-21(23)14-15-22-9-3-4-11-25(22)30/h1-4,8-11,14-15,24,31H,5-7,12-13,16-20H2,(H,29,32)(H,34,35)/b15-14-. The van der Waals surface area contributed by atoms with Crippen molar-refractivity contribution >= 4 is 56.9 Å². The minimum atomic E-state index is -3.65. The van der Waals surface area contributed by atoms with Crippen molar-refractivity contribution in [3.8, 4) is 0 Å². The lowest BCUT2D eigenvalue weighted by Crippen LogP contribution is -2.31. The number of ether oxygens (including phenoxy) is 1. The van der Waals surface area contributed by atoms with E-state index >= 15 is 0 Å². The number of carbonyl (C=O) groups excluding carboxylic acids is 2. The summed E-state index contributed by atoms with van der Waals surface area (Å²) in [5, 5.41) is 8.81. The molecule has 11 heteroatoms. The fourth-order valence-corrected chi connectivity index (χ4v) is 4.84. The number of halogens is 1. The van der Waals surface area contributed by atoms with Crippen molar-refractivity contribution in [2.24, 2.45) is 0 Å². The lowest BCUT2D eigenvalue weighted by Gasteiger charge is -2.27. The Morgan fingerprint density at radius 3 is 2.47 bits per heavy atom. The number of carbonyl (C=O) groups is 2. The van der Waals surface area contributed by atoms with Crippen LogP contribution in [-0.2, 0) is 30.0 Å². The highest BCUT2D eigenvalue weighted by molar-refractivity contribution is 14.2. The predicted octanol–water partition coefficient (Wildman–Crippen LogP) is 4.70. The van der Waals surface area contributed by atoms with Gasteiger partial charge in [-0.1, -0.05) is 54.6 Å². The smallest absolute Gasteiger partial charge is 0.386 e. The Labute approximate surface area is 236 Å². The maximum absolute atomic E-state index is 13.2. The van der Waals surface area contributed by atoms with Crippen molar-refractivity contribution in [2.75, 3.05) is 31.3 Å². The topological polar surface area (TPSA) is 125 Å². The van der Waals surface area contributed by atoms with Crippen LogP contribution in [0.5, 0.6) is 0 Å². The summed E-state index contributed by atoms with van der Waals surface area (Å²) in [7, 11) is 0. The number of aliphatic hydroxyl groups excluding tert-OH is 1. The first kappa shape index (κ1) is 30.5. The molecule has 0 aromatic heterocycles. The number of fused-ring (bicyclic) bond motifs is 2. The number of unbranched alkanes of at least 4 members (excludes halogenated alkanes) is 1. The minimum Gasteiger partial charge on any atom is -0.388 e. The van der Waals surface area contributed by atoms with Crippen LogP contribution in [-0.4, -0.2) is 54.3 Å². The predicted molar refractivity (Wildman–Crippen MR) is 156 cm³/mol. The third-order valence-electron chi connectivity index (χ3n) is 5.92. The van der Waals surface area contributed by atoms with E-state index in [0.717, 1.165) is 22.4 Å². The molecule has 0 saturated heterocycles. The SMILES string of the molecule is O=C(CCCCC(=O)N1Cc2ccccc2/C=C\c2ccccc21)NCCCOCC(O)COP(=O)(O)I. The lowest BCUT2D eigenvalue weighted by molar-refractivity contribution is -0.122. The van der Waals surface area contributed by atoms with Crippen molar-refractivity contribution in [2.45, 2.75) is 44.8 Å². The molecular formula is C27H34IN2O7P. The molecular weight excluding hydrogens is 622 g/mol. The third kappa shape index (κ3) is 10.6. The summed E-state index contributed by atoms with van der Waals surface area (Å²) >= 11 is 1.28. The molecule has 1 aliphatic heterocycles. The summed E-state index contributed by atoms with van der Waals surface area (Å²) in [6.45, 7) is 0.944. The summed E-state index contributed by atoms with van der Waals surface area (Å²) in [5.74, 6) is -0.0460. The molecule has 1 aliphatic rings. The Bertz CT molecular complexity index is 1150. The van der Waals surface area contributed by atoms with Crippen LogP contribution in [0, 0.1) is 0 Å². The fourth-order valence-electron chi connectivity index (χ4n) is 4.01. The fraction of sp³-hybridized carbons (Fsp3) is 0.407. The zero-order chi connectivity index (χ0) is 27.4. The highest BCUT2D eigenvalue weighted by atomic mass is 127. The molecule has 38 heavy (non-hydrogen) atoms. The van der Waals surface area contributed by atoms with Crippen LogP contribution < -0.4 is 10.2 Å². The van der Waals surface area contributed by atoms with Gasteiger partial charge >= 0.3 is 5.24 Å². The number of nitrogens with one attached hydrogen (secondary N) is 1. The second kappa shape index (κ2) is 15.5. The Kier molecular flexibility index (Phi) is 12.4. The summed E-state index contributed by atoms with van der Waals surface area (Å²) in [6.07, 6.45) is 5.61. The van der Waals surface area contributed by atoms with Crippen molar-refractivity contribution < 1.29 is 33.4 Å². The minimum absolute atomic E-state index is 0.0258. The average Bonchev–Trinajstić information content (AvgIpc) is 2.88. The van der Waals surface area contributed by atoms with E-state index in [9.17, 15) is 19.3 Å². The van der Waals surface area contributed by atoms with Crippen LogP contribution in [0.15, 0.2) is 48.5 Å². The van der Waals surface area contributed by atoms with Gasteiger partial charge in [-0.15, -0.1) is 0 Å². The second-order valence-electron chi connectivity index (χ2n) is 8.96. The van der Waals surface area contributed by atoms with Gasteiger partial charge in [0.1, 0.15) is 6.10 Å². The Morgan fingerprint density at radius 1 is 1.00 bits per heavy atom. The van der Waals surface area contributed by atoms with Crippen LogP contribution in [0.25, 0.3) is 12.2 Å². The van der Waals surface area contributed by atoms with Gasteiger partial charge in [0.25, 0.3) is 0 Å². The van der Waals surface area contributed by atoms with Gasteiger partial charge in [-0.3, -0.25) is 14.1 Å². The molecule has 0 spiro atoms. The first-order valence-corrected chi connectivity index (χ1v) is 16.9. The quantitative estimate of drug-likeness (QED) is 0.153. The van der Waals surface area contributed by atoms with E-state index in [-0.39, 0.29) is 25.0 Å². The molecule has 0 saturated carbocycles. The number of benzene rings is 2. The number of anilines is 1. The van der Waals surface area contributed by atoms with Crippen LogP contribution >= 0.6 is 27.3 Å². The maximum atomic E-state index is 13.2. The van der Waals surface area contributed by atoms with E-state index in [1.807, 2.05) is 53.4 Å². The van der Waals surface area contributed by atoms with Crippen LogP contribution in [0.3, 0.4) is 0 Å². The monoisotopic (exact) mass is 656 g/mol. The van der Waals surface area contributed by atoms with Crippen molar-refractivity contribution in [1.82, 2.24) is 5.32 Å². The molecule has 0 radical (unpaired) electrons. The molecule has 2 aromatic rings. The molecule has 2 unspecified atom stereocenters. The summed E-state index contributed by atoms with van der Waals surface area (Å²) < 4.78 is 20.9. The molecule has 0 bridgehead atoms. The molecule has 2 atom stereocenters. The molecule has 1 heterocycles. The van der Waals surface area contributed by atoms with Crippen molar-refractivity contribution in [1.29, 1.82) is 0 Å². The molecule has 0 aliphatic carbocycles. The summed E-state index contributed by atoms with van der Waals surface area (Å²) in [4.78, 5) is 36.2. The Balaban J connectivity index is 1.34. The first-order valence-electron chi connectivity index (χ1n) is 12.6. The molecule has 2 amide bonds. The van der Waals surface area contributed by atoms with Crippen LogP contribution in [0.2, 0.25) is 0 Å². The normalized spacial score (nSPS) is 15.8. The van der Waals surface area contributed by atoms with Gasteiger partial charge in [0.2, 0.25) is 11.8 Å². The van der Waals surface area contributed by atoms with Crippen molar-refractivity contribution in [3.63, 3.8) is 0 Å². The van der Waals surface area contributed by atoms with E-state index in [1.54, 1.807) is 0 Å². The number of hydrogen-bond acceptors (Lipinski definition) is 6. The molecule has 9 nitrogen and oxygen atoms in total. The van der Waals surface area contributed by atoms with Crippen LogP contribution in [0.4, 0.5) is 5.69 Å². The van der Waals surface area contributed by atoms with E-state index in [1.165, 1.54) is 22.0 Å². The highest BCUT2D eigenvalue weighted by Gasteiger charge is 2.20. The highest BCUT2D eigenvalue weighted by Crippen LogP contribution is 2.51. The van der Waals surface area contributed by atoms with E-state index < -0.39 is 11.3 Å². The van der Waals surface area contributed by atoms with Crippen molar-refractivity contribution in [3.05, 3.63) is 65.2 Å². The molecule has 0 fully saturated rings. The van der Waals surface area contributed by atoms with E-state index in [2.05, 4.69) is 22.0 Å². The zero-order valence-electron chi connectivity index (χ0n) is 21.1. The van der Waals surface area contributed by atoms with Gasteiger partial charge < -0.3 is 25.0 Å². The number of para-hydroxylation sites is 1. The number of hydrogen-bond donors (Lipinski definition) is 3. The molecule has 2 aromatic carbocycles. The maximum Gasteiger partial charge on any atom is 0.386 e. The van der Waals surface area contributed by atoms with E-state index in [0.29, 0.717) is 51.8 Å².